The Morgan fingerprint density at radius 3 is 2.02 bits per heavy atom. The first-order valence-electron chi connectivity index (χ1n) is 13.1. The predicted octanol–water partition coefficient (Wildman–Crippen LogP) is 4.10. The quantitative estimate of drug-likeness (QED) is 0.181. The molecule has 41 heavy (non-hydrogen) atoms. The monoisotopic (exact) mass is 557 g/mol. The van der Waals surface area contributed by atoms with Crippen LogP contribution >= 0.6 is 0 Å². The molecule has 0 unspecified atom stereocenters. The summed E-state index contributed by atoms with van der Waals surface area (Å²) in [5.41, 5.74) is 3.13. The van der Waals surface area contributed by atoms with Crippen LogP contribution in [0.25, 0.3) is 10.9 Å². The fourth-order valence-electron chi connectivity index (χ4n) is 4.25. The fraction of sp³-hybridized carbons (Fsp3) is 0.226. The predicted molar refractivity (Wildman–Crippen MR) is 151 cm³/mol. The normalized spacial score (nSPS) is 12.2. The summed E-state index contributed by atoms with van der Waals surface area (Å²) in [7, 11) is 0. The van der Waals surface area contributed by atoms with Gasteiger partial charge in [0.25, 0.3) is 0 Å². The number of H-pyrrole nitrogens is 1. The van der Waals surface area contributed by atoms with Gasteiger partial charge < -0.3 is 30.2 Å². The van der Waals surface area contributed by atoms with Gasteiger partial charge in [-0.1, -0.05) is 78.9 Å². The topological polar surface area (TPSA) is 147 Å². The van der Waals surface area contributed by atoms with E-state index in [9.17, 15) is 24.3 Å². The number of esters is 1. The van der Waals surface area contributed by atoms with Gasteiger partial charge in [0.2, 0.25) is 5.91 Å². The summed E-state index contributed by atoms with van der Waals surface area (Å²) in [5, 5.41) is 15.6. The van der Waals surface area contributed by atoms with Gasteiger partial charge in [0.05, 0.1) is 0 Å². The maximum absolute atomic E-state index is 12.9. The number of para-hydroxylation sites is 1. The van der Waals surface area contributed by atoms with E-state index in [1.165, 1.54) is 0 Å². The SMILES string of the molecule is O=C(CC[C@H](NC(=O)OCc1ccccc1)C(=O)OCc1ccccc1)N[C@H](Cc1c[nH]c2ccccc12)C(=O)O. The van der Waals surface area contributed by atoms with Gasteiger partial charge >= 0.3 is 18.0 Å². The number of aromatic amines is 1. The molecule has 1 heterocycles. The van der Waals surface area contributed by atoms with Crippen molar-refractivity contribution in [2.45, 2.75) is 44.6 Å². The van der Waals surface area contributed by atoms with E-state index in [0.29, 0.717) is 0 Å². The molecule has 4 aromatic rings. The van der Waals surface area contributed by atoms with E-state index >= 15 is 0 Å². The zero-order valence-electron chi connectivity index (χ0n) is 22.2. The van der Waals surface area contributed by atoms with Crippen molar-refractivity contribution >= 4 is 34.8 Å². The van der Waals surface area contributed by atoms with E-state index in [2.05, 4.69) is 15.6 Å². The molecule has 0 saturated carbocycles. The first kappa shape index (κ1) is 28.9. The Morgan fingerprint density at radius 1 is 0.756 bits per heavy atom. The van der Waals surface area contributed by atoms with Crippen molar-refractivity contribution in [3.05, 3.63) is 108 Å². The number of hydrogen-bond acceptors (Lipinski definition) is 6. The zero-order chi connectivity index (χ0) is 29.0. The Balaban J connectivity index is 1.36. The van der Waals surface area contributed by atoms with Crippen LogP contribution in [0, 0.1) is 0 Å². The number of aliphatic carboxylic acids is 1. The van der Waals surface area contributed by atoms with Crippen molar-refractivity contribution in [1.29, 1.82) is 0 Å². The molecule has 0 fully saturated rings. The van der Waals surface area contributed by atoms with E-state index in [-0.39, 0.29) is 32.5 Å². The minimum absolute atomic E-state index is 0.00687. The molecule has 0 aliphatic heterocycles. The number of carboxylic acids is 1. The second-order valence-electron chi connectivity index (χ2n) is 9.41. The van der Waals surface area contributed by atoms with Crippen LogP contribution in [0.5, 0.6) is 0 Å². The van der Waals surface area contributed by atoms with E-state index in [1.807, 2.05) is 48.5 Å². The summed E-state index contributed by atoms with van der Waals surface area (Å²) < 4.78 is 10.6. The number of amides is 2. The molecule has 0 aliphatic rings. The lowest BCUT2D eigenvalue weighted by molar-refractivity contribution is -0.148. The number of aromatic nitrogens is 1. The second-order valence-corrected chi connectivity index (χ2v) is 9.41. The molecule has 0 saturated heterocycles. The van der Waals surface area contributed by atoms with Gasteiger partial charge in [0.1, 0.15) is 25.3 Å². The van der Waals surface area contributed by atoms with E-state index in [0.717, 1.165) is 27.6 Å². The molecular formula is C31H31N3O7. The number of carbonyl (C=O) groups excluding carboxylic acids is 3. The van der Waals surface area contributed by atoms with Crippen LogP contribution in [0.4, 0.5) is 4.79 Å². The number of ether oxygens (including phenoxy) is 2. The first-order chi connectivity index (χ1) is 19.9. The number of carbonyl (C=O) groups is 4. The van der Waals surface area contributed by atoms with E-state index < -0.39 is 36.0 Å². The van der Waals surface area contributed by atoms with E-state index in [4.69, 9.17) is 9.47 Å². The lowest BCUT2D eigenvalue weighted by Gasteiger charge is -2.19. The van der Waals surface area contributed by atoms with Gasteiger partial charge in [-0.05, 0) is 29.2 Å². The molecule has 0 spiro atoms. The van der Waals surface area contributed by atoms with Crippen molar-refractivity contribution in [3.63, 3.8) is 0 Å². The molecule has 10 heteroatoms. The average molecular weight is 558 g/mol. The third kappa shape index (κ3) is 8.69. The summed E-state index contributed by atoms with van der Waals surface area (Å²) in [6.07, 6.45) is 0.577. The largest absolute Gasteiger partial charge is 0.480 e. The molecule has 4 N–H and O–H groups in total. The van der Waals surface area contributed by atoms with Crippen LogP contribution in [-0.4, -0.2) is 46.1 Å². The van der Waals surface area contributed by atoms with Crippen LogP contribution in [-0.2, 0) is 43.5 Å². The Labute approximate surface area is 236 Å². The third-order valence-electron chi connectivity index (χ3n) is 6.41. The summed E-state index contributed by atoms with van der Waals surface area (Å²) in [4.78, 5) is 53.2. The van der Waals surface area contributed by atoms with Gasteiger partial charge in [0.15, 0.2) is 0 Å². The number of fused-ring (bicyclic) bond motifs is 1. The molecule has 1 aromatic heterocycles. The molecule has 212 valence electrons. The standard InChI is InChI=1S/C31H31N3O7/c35-28(33-27(29(36)37)17-23-18-32-25-14-8-7-13-24(23)25)16-15-26(30(38)40-19-21-9-3-1-4-10-21)34-31(39)41-20-22-11-5-2-6-12-22/h1-14,18,26-27,32H,15-17,19-20H2,(H,33,35)(H,34,39)(H,36,37)/t26-,27+/m0/s1. The molecule has 2 atom stereocenters. The molecule has 3 aromatic carbocycles. The smallest absolute Gasteiger partial charge is 0.408 e. The van der Waals surface area contributed by atoms with Crippen molar-refractivity contribution in [1.82, 2.24) is 15.6 Å². The van der Waals surface area contributed by atoms with Gasteiger partial charge in [-0.25, -0.2) is 14.4 Å². The molecule has 10 nitrogen and oxygen atoms in total. The number of rotatable bonds is 13. The summed E-state index contributed by atoms with van der Waals surface area (Å²) in [6.45, 7) is -0.0259. The van der Waals surface area contributed by atoms with Crippen LogP contribution in [0.15, 0.2) is 91.1 Å². The summed E-state index contributed by atoms with van der Waals surface area (Å²) in [6, 6.07) is 23.1. The third-order valence-corrected chi connectivity index (χ3v) is 6.41. The Bertz CT molecular complexity index is 1470. The highest BCUT2D eigenvalue weighted by Gasteiger charge is 2.26. The molecule has 0 bridgehead atoms. The zero-order valence-corrected chi connectivity index (χ0v) is 22.2. The molecule has 4 rings (SSSR count). The lowest BCUT2D eigenvalue weighted by atomic mass is 10.0. The number of hydrogen-bond donors (Lipinski definition) is 4. The summed E-state index contributed by atoms with van der Waals surface area (Å²) in [5.74, 6) is -2.52. The second kappa shape index (κ2) is 14.3. The van der Waals surface area contributed by atoms with Gasteiger partial charge in [-0.15, -0.1) is 0 Å². The van der Waals surface area contributed by atoms with Crippen molar-refractivity contribution in [3.8, 4) is 0 Å². The van der Waals surface area contributed by atoms with Gasteiger partial charge in [-0.2, -0.15) is 0 Å². The van der Waals surface area contributed by atoms with Gasteiger partial charge in [-0.3, -0.25) is 4.79 Å². The highest BCUT2D eigenvalue weighted by Crippen LogP contribution is 2.19. The fourth-order valence-corrected chi connectivity index (χ4v) is 4.25. The molecule has 2 amide bonds. The maximum Gasteiger partial charge on any atom is 0.408 e. The van der Waals surface area contributed by atoms with Crippen molar-refractivity contribution in [2.75, 3.05) is 0 Å². The van der Waals surface area contributed by atoms with Crippen molar-refractivity contribution in [2.24, 2.45) is 0 Å². The maximum atomic E-state index is 12.9. The molecule has 0 aliphatic carbocycles. The minimum atomic E-state index is -1.19. The summed E-state index contributed by atoms with van der Waals surface area (Å²) >= 11 is 0. The Kier molecular flexibility index (Phi) is 10.1. The van der Waals surface area contributed by atoms with Crippen LogP contribution in [0.1, 0.15) is 29.5 Å². The average Bonchev–Trinajstić information content (AvgIpc) is 3.40. The van der Waals surface area contributed by atoms with Crippen LogP contribution in [0.3, 0.4) is 0 Å². The lowest BCUT2D eigenvalue weighted by Crippen LogP contribution is -2.45. The van der Waals surface area contributed by atoms with Crippen LogP contribution < -0.4 is 10.6 Å². The van der Waals surface area contributed by atoms with Crippen LogP contribution in [0.2, 0.25) is 0 Å². The van der Waals surface area contributed by atoms with Crippen molar-refractivity contribution < 1.29 is 33.8 Å². The first-order valence-corrected chi connectivity index (χ1v) is 13.1. The molecule has 0 radical (unpaired) electrons. The highest BCUT2D eigenvalue weighted by atomic mass is 16.6. The van der Waals surface area contributed by atoms with Gasteiger partial charge in [0, 0.05) is 29.9 Å². The van der Waals surface area contributed by atoms with E-state index in [1.54, 1.807) is 42.6 Å². The number of alkyl carbamates (subject to hydrolysis) is 1. The number of nitrogens with one attached hydrogen (secondary N) is 3. The Morgan fingerprint density at radius 2 is 1.37 bits per heavy atom. The minimum Gasteiger partial charge on any atom is -0.480 e. The molecular weight excluding hydrogens is 526 g/mol. The number of carboxylic acid groups (broad SMARTS) is 1. The number of benzene rings is 3. The highest BCUT2D eigenvalue weighted by molar-refractivity contribution is 5.87. The Hall–Kier alpha value is -5.12.